The first-order valence-electron chi connectivity index (χ1n) is 10.0. The van der Waals surface area contributed by atoms with Crippen LogP contribution in [0.4, 0.5) is 13.2 Å². The zero-order valence-corrected chi connectivity index (χ0v) is 16.8. The summed E-state index contributed by atoms with van der Waals surface area (Å²) in [5.74, 6) is 1.63. The summed E-state index contributed by atoms with van der Waals surface area (Å²) < 4.78 is 48.0. The molecule has 0 amide bonds. The van der Waals surface area contributed by atoms with Gasteiger partial charge in [0, 0.05) is 19.1 Å². The first-order valence-corrected chi connectivity index (χ1v) is 10.0. The summed E-state index contributed by atoms with van der Waals surface area (Å²) in [5.41, 5.74) is 2.16. The summed E-state index contributed by atoms with van der Waals surface area (Å²) in [6, 6.07) is 3.80. The van der Waals surface area contributed by atoms with Crippen LogP contribution in [-0.2, 0) is 6.42 Å². The number of halogens is 3. The van der Waals surface area contributed by atoms with E-state index in [1.165, 1.54) is 7.11 Å². The molecule has 0 spiro atoms. The van der Waals surface area contributed by atoms with Crippen molar-refractivity contribution in [2.75, 3.05) is 26.8 Å². The molecule has 3 atom stereocenters. The zero-order chi connectivity index (χ0) is 20.5. The fourth-order valence-corrected chi connectivity index (χ4v) is 4.49. The highest BCUT2D eigenvalue weighted by molar-refractivity contribution is 5.49. The maximum absolute atomic E-state index is 12.4. The Balaban J connectivity index is 1.77. The van der Waals surface area contributed by atoms with Crippen molar-refractivity contribution in [3.8, 4) is 11.5 Å². The summed E-state index contributed by atoms with van der Waals surface area (Å²) in [6.45, 7) is 5.68. The van der Waals surface area contributed by atoms with Crippen LogP contribution in [0.1, 0.15) is 50.3 Å². The van der Waals surface area contributed by atoms with Gasteiger partial charge in [-0.25, -0.2) is 0 Å². The molecule has 2 aliphatic rings. The van der Waals surface area contributed by atoms with Gasteiger partial charge in [0.15, 0.2) is 11.5 Å². The van der Waals surface area contributed by atoms with Gasteiger partial charge in [-0.2, -0.15) is 13.2 Å². The Labute approximate surface area is 164 Å². The van der Waals surface area contributed by atoms with E-state index in [4.69, 9.17) is 9.47 Å². The molecule has 1 saturated heterocycles. The lowest BCUT2D eigenvalue weighted by atomic mass is 9.79. The lowest BCUT2D eigenvalue weighted by Gasteiger charge is -2.46. The Morgan fingerprint density at radius 1 is 1.25 bits per heavy atom. The van der Waals surface area contributed by atoms with Gasteiger partial charge in [-0.3, -0.25) is 4.90 Å². The highest BCUT2D eigenvalue weighted by Gasteiger charge is 2.38. The number of aliphatic hydroxyl groups is 1. The van der Waals surface area contributed by atoms with Gasteiger partial charge in [0.1, 0.15) is 0 Å². The van der Waals surface area contributed by atoms with Crippen LogP contribution in [0, 0.1) is 11.8 Å². The topological polar surface area (TPSA) is 41.9 Å². The Hall–Kier alpha value is -1.47. The molecule has 2 aliphatic heterocycles. The van der Waals surface area contributed by atoms with E-state index in [2.05, 4.69) is 18.7 Å². The van der Waals surface area contributed by atoms with E-state index in [1.807, 2.05) is 12.1 Å². The van der Waals surface area contributed by atoms with Crippen molar-refractivity contribution in [1.29, 1.82) is 0 Å². The largest absolute Gasteiger partial charge is 0.493 e. The first-order chi connectivity index (χ1) is 13.2. The van der Waals surface area contributed by atoms with Crippen molar-refractivity contribution >= 4 is 0 Å². The third kappa shape index (κ3) is 4.92. The summed E-state index contributed by atoms with van der Waals surface area (Å²) in [5, 5.41) is 10.7. The Morgan fingerprint density at radius 3 is 2.64 bits per heavy atom. The maximum Gasteiger partial charge on any atom is 0.392 e. The van der Waals surface area contributed by atoms with Crippen LogP contribution in [0.15, 0.2) is 12.1 Å². The molecule has 0 radical (unpaired) electrons. The molecule has 28 heavy (non-hydrogen) atoms. The predicted octanol–water partition coefficient (Wildman–Crippen LogP) is 4.35. The molecule has 1 N–H and O–H groups in total. The van der Waals surface area contributed by atoms with E-state index in [0.717, 1.165) is 37.1 Å². The van der Waals surface area contributed by atoms with Crippen LogP contribution in [0.3, 0.4) is 0 Å². The number of methoxy groups -OCH3 is 1. The van der Waals surface area contributed by atoms with Crippen molar-refractivity contribution in [3.05, 3.63) is 23.3 Å². The van der Waals surface area contributed by atoms with Crippen LogP contribution in [0.5, 0.6) is 11.5 Å². The van der Waals surface area contributed by atoms with Gasteiger partial charge >= 0.3 is 6.18 Å². The van der Waals surface area contributed by atoms with Crippen molar-refractivity contribution in [3.63, 3.8) is 0 Å². The maximum atomic E-state index is 12.4. The fraction of sp³-hybridized carbons (Fsp3) is 0.714. The van der Waals surface area contributed by atoms with E-state index < -0.39 is 19.2 Å². The first kappa shape index (κ1) is 21.2. The molecule has 2 heterocycles. The third-order valence-electron chi connectivity index (χ3n) is 5.79. The minimum absolute atomic E-state index is 0.111. The summed E-state index contributed by atoms with van der Waals surface area (Å²) in [4.78, 5) is 2.42. The predicted molar refractivity (Wildman–Crippen MR) is 101 cm³/mol. The van der Waals surface area contributed by atoms with Gasteiger partial charge in [0.25, 0.3) is 0 Å². The second-order valence-electron chi connectivity index (χ2n) is 8.37. The van der Waals surface area contributed by atoms with Crippen LogP contribution in [0.25, 0.3) is 0 Å². The molecule has 4 nitrogen and oxygen atoms in total. The molecule has 0 aromatic heterocycles. The molecule has 1 aromatic rings. The number of nitrogens with zero attached hydrogens (tertiary/aromatic N) is 1. The molecule has 3 unspecified atom stereocenters. The minimum atomic E-state index is -4.24. The summed E-state index contributed by atoms with van der Waals surface area (Å²) >= 11 is 0. The summed E-state index contributed by atoms with van der Waals surface area (Å²) in [6.07, 6.45) is -3.09. The van der Waals surface area contributed by atoms with E-state index in [0.29, 0.717) is 23.8 Å². The number of hydrogen-bond acceptors (Lipinski definition) is 4. The molecular weight excluding hydrogens is 371 g/mol. The van der Waals surface area contributed by atoms with Gasteiger partial charge in [0.05, 0.1) is 26.2 Å². The molecule has 0 saturated carbocycles. The van der Waals surface area contributed by atoms with Crippen LogP contribution in [-0.4, -0.2) is 49.1 Å². The lowest BCUT2D eigenvalue weighted by Crippen LogP contribution is -2.48. The monoisotopic (exact) mass is 401 g/mol. The van der Waals surface area contributed by atoms with Gasteiger partial charge in [-0.1, -0.05) is 13.8 Å². The van der Waals surface area contributed by atoms with Gasteiger partial charge in [-0.05, 0) is 54.4 Å². The van der Waals surface area contributed by atoms with Crippen LogP contribution < -0.4 is 9.47 Å². The fourth-order valence-electron chi connectivity index (χ4n) is 4.49. The highest BCUT2D eigenvalue weighted by Crippen LogP contribution is 2.43. The molecule has 3 rings (SSSR count). The number of hydrogen-bond donors (Lipinski definition) is 1. The van der Waals surface area contributed by atoms with Gasteiger partial charge in [-0.15, -0.1) is 0 Å². The SMILES string of the molecule is COc1cc2c(cc1OCCC(F)(F)F)CCN1CC(CC(C)C)C(O)CC21. The molecule has 0 bridgehead atoms. The number of rotatable bonds is 6. The third-order valence-corrected chi connectivity index (χ3v) is 5.79. The molecule has 0 aliphatic carbocycles. The Kier molecular flexibility index (Phi) is 6.44. The number of piperidine rings is 1. The van der Waals surface area contributed by atoms with Crippen LogP contribution >= 0.6 is 0 Å². The van der Waals surface area contributed by atoms with Crippen molar-refractivity contribution in [2.45, 2.75) is 57.9 Å². The number of benzene rings is 1. The normalized spacial score (nSPS) is 25.4. The smallest absolute Gasteiger partial charge is 0.392 e. The van der Waals surface area contributed by atoms with E-state index in [1.54, 1.807) is 0 Å². The second kappa shape index (κ2) is 8.49. The van der Waals surface area contributed by atoms with Crippen LogP contribution in [0.2, 0.25) is 0 Å². The van der Waals surface area contributed by atoms with E-state index >= 15 is 0 Å². The minimum Gasteiger partial charge on any atom is -0.493 e. The number of alkyl halides is 3. The molecule has 1 fully saturated rings. The van der Waals surface area contributed by atoms with Crippen molar-refractivity contribution < 1.29 is 27.8 Å². The number of fused-ring (bicyclic) bond motifs is 3. The standard InChI is InChI=1S/C21H30F3NO3/c1-13(2)8-15-12-25-6-4-14-9-20(28-7-5-21(22,23)24)19(27-3)10-16(14)17(25)11-18(15)26/h9-10,13,15,17-18,26H,4-8,11-12H2,1-3H3. The van der Waals surface area contributed by atoms with Gasteiger partial charge in [0.2, 0.25) is 0 Å². The van der Waals surface area contributed by atoms with Gasteiger partial charge < -0.3 is 14.6 Å². The zero-order valence-electron chi connectivity index (χ0n) is 16.8. The Morgan fingerprint density at radius 2 is 2.00 bits per heavy atom. The second-order valence-corrected chi connectivity index (χ2v) is 8.37. The number of ether oxygens (including phenoxy) is 2. The van der Waals surface area contributed by atoms with Crippen molar-refractivity contribution in [2.24, 2.45) is 11.8 Å². The highest BCUT2D eigenvalue weighted by atomic mass is 19.4. The molecule has 158 valence electrons. The molecule has 7 heteroatoms. The molecule has 1 aromatic carbocycles. The average molecular weight is 401 g/mol. The molecular formula is C21H30F3NO3. The lowest BCUT2D eigenvalue weighted by molar-refractivity contribution is -0.139. The van der Waals surface area contributed by atoms with Crippen molar-refractivity contribution in [1.82, 2.24) is 4.90 Å². The summed E-state index contributed by atoms with van der Waals surface area (Å²) in [7, 11) is 1.49. The number of aliphatic hydroxyl groups excluding tert-OH is 1. The average Bonchev–Trinajstić information content (AvgIpc) is 2.60. The van der Waals surface area contributed by atoms with E-state index in [9.17, 15) is 18.3 Å². The Bertz CT molecular complexity index is 678. The van der Waals surface area contributed by atoms with E-state index in [-0.39, 0.29) is 18.1 Å². The quantitative estimate of drug-likeness (QED) is 0.770.